The minimum absolute atomic E-state index is 0. The normalized spacial score (nSPS) is 16.9. The summed E-state index contributed by atoms with van der Waals surface area (Å²) in [4.78, 5) is 0. The molecule has 1 aliphatic rings. The van der Waals surface area contributed by atoms with Gasteiger partial charge in [-0.3, -0.25) is 0 Å². The molecule has 7 heteroatoms. The van der Waals surface area contributed by atoms with Crippen molar-refractivity contribution in [2.24, 2.45) is 0 Å². The first-order chi connectivity index (χ1) is 3.29. The smallest absolute Gasteiger partial charge is 1.00 e. The van der Waals surface area contributed by atoms with Gasteiger partial charge in [-0.2, -0.15) is 0 Å². The van der Waals surface area contributed by atoms with E-state index in [0.717, 1.165) is 4.24 Å². The molecule has 0 atom stereocenters. The van der Waals surface area contributed by atoms with Crippen molar-refractivity contribution in [3.8, 4) is 0 Å². The van der Waals surface area contributed by atoms with Crippen molar-refractivity contribution >= 4 is 37.4 Å². The molecule has 9 heavy (non-hydrogen) atoms. The number of hydrazine groups is 1. The molecule has 0 spiro atoms. The number of hydrogen-bond acceptors (Lipinski definition) is 5. The van der Waals surface area contributed by atoms with Gasteiger partial charge in [-0.25, -0.2) is 0 Å². The second-order valence-electron chi connectivity index (χ2n) is 0.976. The van der Waals surface area contributed by atoms with E-state index in [4.69, 9.17) is 0 Å². The SMILES string of the molecule is SC1=CNN(S)S1.[H-].[H-].[Na+].[Na+]. The minimum atomic E-state index is 0. The molecule has 1 N–H and O–H groups in total. The Morgan fingerprint density at radius 2 is 2.22 bits per heavy atom. The van der Waals surface area contributed by atoms with Crippen LogP contribution in [0.2, 0.25) is 0 Å². The van der Waals surface area contributed by atoms with Gasteiger partial charge in [0, 0.05) is 6.20 Å². The maximum Gasteiger partial charge on any atom is 1.00 e. The Kier molecular flexibility index (Phi) is 11.3. The standard InChI is InChI=1S/C2H4N2S3.2Na.2H/c5-2-1-3-4(6)7-2;;;;/h1,3,5-6H;;;;/q;2*+1;2*-1. The van der Waals surface area contributed by atoms with Crippen LogP contribution in [0.1, 0.15) is 2.85 Å². The van der Waals surface area contributed by atoms with Gasteiger partial charge in [0.1, 0.15) is 0 Å². The Morgan fingerprint density at radius 3 is 2.33 bits per heavy atom. The number of rotatable bonds is 0. The van der Waals surface area contributed by atoms with E-state index in [1.807, 2.05) is 0 Å². The summed E-state index contributed by atoms with van der Waals surface area (Å²) < 4.78 is 2.50. The van der Waals surface area contributed by atoms with Crippen LogP contribution in [0, 0.1) is 0 Å². The average Bonchev–Trinajstić information content (AvgIpc) is 1.87. The van der Waals surface area contributed by atoms with Gasteiger partial charge in [0.2, 0.25) is 0 Å². The fourth-order valence-electron chi connectivity index (χ4n) is 0.252. The Morgan fingerprint density at radius 1 is 1.67 bits per heavy atom. The van der Waals surface area contributed by atoms with Gasteiger partial charge >= 0.3 is 59.1 Å². The van der Waals surface area contributed by atoms with Crippen molar-refractivity contribution < 1.29 is 62.0 Å². The molecule has 1 aliphatic heterocycles. The Labute approximate surface area is 117 Å². The van der Waals surface area contributed by atoms with Crippen LogP contribution in [0.25, 0.3) is 0 Å². The molecule has 0 fully saturated rings. The number of thiol groups is 2. The molecule has 0 amide bonds. The van der Waals surface area contributed by atoms with Gasteiger partial charge < -0.3 is 8.28 Å². The van der Waals surface area contributed by atoms with Crippen molar-refractivity contribution in [3.05, 3.63) is 10.4 Å². The van der Waals surface area contributed by atoms with Gasteiger partial charge in [-0.15, -0.1) is 16.4 Å². The van der Waals surface area contributed by atoms with E-state index < -0.39 is 0 Å². The zero-order valence-corrected chi connectivity index (χ0v) is 11.9. The van der Waals surface area contributed by atoms with E-state index in [1.165, 1.54) is 11.9 Å². The van der Waals surface area contributed by atoms with Gasteiger partial charge in [0.15, 0.2) is 0 Å². The summed E-state index contributed by atoms with van der Waals surface area (Å²) >= 11 is 9.39. The molecule has 1 rings (SSSR count). The molecule has 2 nitrogen and oxygen atoms in total. The van der Waals surface area contributed by atoms with Crippen molar-refractivity contribution in [2.75, 3.05) is 0 Å². The number of hydrogen-bond donors (Lipinski definition) is 3. The van der Waals surface area contributed by atoms with Gasteiger partial charge in [0.05, 0.1) is 4.24 Å². The van der Waals surface area contributed by atoms with Crippen molar-refractivity contribution in [1.29, 1.82) is 0 Å². The van der Waals surface area contributed by atoms with E-state index >= 15 is 0 Å². The van der Waals surface area contributed by atoms with Crippen LogP contribution in [-0.4, -0.2) is 3.82 Å². The molecule has 0 bridgehead atoms. The van der Waals surface area contributed by atoms with Crippen molar-refractivity contribution in [3.63, 3.8) is 0 Å². The molecule has 0 radical (unpaired) electrons. The predicted molar refractivity (Wildman–Crippen MR) is 40.8 cm³/mol. The van der Waals surface area contributed by atoms with E-state index in [1.54, 1.807) is 10.0 Å². The summed E-state index contributed by atoms with van der Waals surface area (Å²) in [5, 5.41) is 0. The number of nitrogens with zero attached hydrogens (tertiary/aromatic N) is 1. The zero-order valence-electron chi connectivity index (χ0n) is 7.33. The van der Waals surface area contributed by atoms with E-state index in [0.29, 0.717) is 0 Å². The summed E-state index contributed by atoms with van der Waals surface area (Å²) in [7, 11) is 0. The quantitative estimate of drug-likeness (QED) is 0.207. The molecule has 0 aromatic heterocycles. The first kappa shape index (κ1) is 14.1. The number of nitrogens with one attached hydrogen (secondary N) is 1. The molecule has 0 aromatic rings. The largest absolute Gasteiger partial charge is 1.00 e. The Balaban J connectivity index is -0.0000000612. The van der Waals surface area contributed by atoms with Gasteiger partial charge in [-0.05, 0) is 11.9 Å². The fourth-order valence-corrected chi connectivity index (χ4v) is 1.46. The maximum atomic E-state index is 4.02. The van der Waals surface area contributed by atoms with Crippen LogP contribution >= 0.6 is 37.4 Å². The monoisotopic (exact) mass is 200 g/mol. The first-order valence-corrected chi connectivity index (χ1v) is 3.23. The molecule has 0 aliphatic carbocycles. The summed E-state index contributed by atoms with van der Waals surface area (Å²) in [5.41, 5.74) is 2.79. The van der Waals surface area contributed by atoms with Crippen LogP contribution in [0.4, 0.5) is 0 Å². The molecule has 0 saturated heterocycles. The molecule has 44 valence electrons. The van der Waals surface area contributed by atoms with Crippen LogP contribution in [0.3, 0.4) is 0 Å². The van der Waals surface area contributed by atoms with E-state index in [2.05, 4.69) is 30.9 Å². The molecule has 0 unspecified atom stereocenters. The minimum Gasteiger partial charge on any atom is -1.00 e. The Bertz CT molecular complexity index is 116. The molecule has 1 heterocycles. The Hall–Kier alpha value is 2.55. The first-order valence-electron chi connectivity index (χ1n) is 1.61. The summed E-state index contributed by atoms with van der Waals surface area (Å²) in [6, 6.07) is 0. The summed E-state index contributed by atoms with van der Waals surface area (Å²) in [6.07, 6.45) is 1.76. The fraction of sp³-hybridized carbons (Fsp3) is 0. The molecular formula is C2H6N2Na2S3. The maximum absolute atomic E-state index is 4.02. The third-order valence-electron chi connectivity index (χ3n) is 0.478. The topological polar surface area (TPSA) is 15.3 Å². The molecular weight excluding hydrogens is 194 g/mol. The van der Waals surface area contributed by atoms with Crippen LogP contribution in [0.5, 0.6) is 0 Å². The second kappa shape index (κ2) is 7.21. The summed E-state index contributed by atoms with van der Waals surface area (Å²) in [6.45, 7) is 0. The van der Waals surface area contributed by atoms with Crippen molar-refractivity contribution in [1.82, 2.24) is 9.25 Å². The van der Waals surface area contributed by atoms with Crippen LogP contribution in [0.15, 0.2) is 10.4 Å². The van der Waals surface area contributed by atoms with Crippen molar-refractivity contribution in [2.45, 2.75) is 0 Å². The average molecular weight is 200 g/mol. The van der Waals surface area contributed by atoms with E-state index in [-0.39, 0.29) is 62.0 Å². The second-order valence-corrected chi connectivity index (χ2v) is 3.42. The molecule has 0 aromatic carbocycles. The third-order valence-corrected chi connectivity index (χ3v) is 1.80. The summed E-state index contributed by atoms with van der Waals surface area (Å²) in [5.74, 6) is 0. The molecule has 0 saturated carbocycles. The third kappa shape index (κ3) is 5.78. The van der Waals surface area contributed by atoms with E-state index in [9.17, 15) is 0 Å². The van der Waals surface area contributed by atoms with Gasteiger partial charge in [0.25, 0.3) is 0 Å². The predicted octanol–water partition coefficient (Wildman–Crippen LogP) is -4.74. The van der Waals surface area contributed by atoms with Gasteiger partial charge in [-0.1, -0.05) is 12.8 Å². The van der Waals surface area contributed by atoms with Crippen LogP contribution in [-0.2, 0) is 0 Å². The zero-order chi connectivity index (χ0) is 5.28. The van der Waals surface area contributed by atoms with Crippen LogP contribution < -0.4 is 64.5 Å².